The molecule has 1 N–H and O–H groups in total. The Morgan fingerprint density at radius 1 is 1.24 bits per heavy atom. The van der Waals surface area contributed by atoms with E-state index in [9.17, 15) is 9.59 Å². The van der Waals surface area contributed by atoms with Gasteiger partial charge in [-0.2, -0.15) is 0 Å². The number of carbonyl (C=O) groups is 2. The van der Waals surface area contributed by atoms with Crippen molar-refractivity contribution in [2.45, 2.75) is 84.8 Å². The smallest absolute Gasteiger partial charge is 0.249 e. The van der Waals surface area contributed by atoms with E-state index in [0.717, 1.165) is 25.7 Å². The summed E-state index contributed by atoms with van der Waals surface area (Å²) >= 11 is 0. The van der Waals surface area contributed by atoms with Gasteiger partial charge in [0.1, 0.15) is 11.6 Å². The van der Waals surface area contributed by atoms with E-state index in [1.54, 1.807) is 0 Å². The summed E-state index contributed by atoms with van der Waals surface area (Å²) in [4.78, 5) is 27.9. The van der Waals surface area contributed by atoms with E-state index >= 15 is 0 Å². The van der Waals surface area contributed by atoms with Gasteiger partial charge in [-0.05, 0) is 43.9 Å². The summed E-state index contributed by atoms with van der Waals surface area (Å²) in [5.41, 5.74) is -0.950. The van der Waals surface area contributed by atoms with E-state index in [1.807, 2.05) is 32.6 Å². The first-order chi connectivity index (χ1) is 9.66. The summed E-state index contributed by atoms with van der Waals surface area (Å²) < 4.78 is 0. The van der Waals surface area contributed by atoms with Gasteiger partial charge in [0.15, 0.2) is 0 Å². The molecule has 2 atom stereocenters. The van der Waals surface area contributed by atoms with Gasteiger partial charge in [0.05, 0.1) is 0 Å². The van der Waals surface area contributed by atoms with Crippen LogP contribution in [0.3, 0.4) is 0 Å². The molecule has 120 valence electrons. The Morgan fingerprint density at radius 2 is 1.76 bits per heavy atom. The first-order valence-corrected chi connectivity index (χ1v) is 8.31. The molecule has 4 nitrogen and oxygen atoms in total. The first-order valence-electron chi connectivity index (χ1n) is 8.31. The Balaban J connectivity index is 2.43. The van der Waals surface area contributed by atoms with Crippen molar-refractivity contribution in [3.05, 3.63) is 0 Å². The lowest BCUT2D eigenvalue weighted by atomic mass is 9.78. The van der Waals surface area contributed by atoms with Gasteiger partial charge >= 0.3 is 0 Å². The fourth-order valence-corrected chi connectivity index (χ4v) is 3.70. The van der Waals surface area contributed by atoms with Crippen LogP contribution in [-0.4, -0.2) is 34.3 Å². The average molecular weight is 294 g/mol. The van der Waals surface area contributed by atoms with E-state index < -0.39 is 5.54 Å². The SMILES string of the molecule is CCC(CC)N1C(=O)C(C)(C2CC2)NC(=O)C1C(C)(C)C. The van der Waals surface area contributed by atoms with Crippen LogP contribution >= 0.6 is 0 Å². The molecule has 1 aliphatic carbocycles. The van der Waals surface area contributed by atoms with Crippen LogP contribution < -0.4 is 5.32 Å². The molecule has 0 spiro atoms. The second-order valence-corrected chi connectivity index (χ2v) is 7.92. The highest BCUT2D eigenvalue weighted by Crippen LogP contribution is 2.44. The van der Waals surface area contributed by atoms with Crippen molar-refractivity contribution in [3.63, 3.8) is 0 Å². The number of hydrogen-bond acceptors (Lipinski definition) is 2. The number of carbonyl (C=O) groups excluding carboxylic acids is 2. The minimum Gasteiger partial charge on any atom is -0.340 e. The minimum atomic E-state index is -0.693. The number of hydrogen-bond donors (Lipinski definition) is 1. The fraction of sp³-hybridized carbons (Fsp3) is 0.882. The van der Waals surface area contributed by atoms with Crippen LogP contribution in [0.1, 0.15) is 67.2 Å². The molecule has 1 saturated carbocycles. The minimum absolute atomic E-state index is 0.0170. The van der Waals surface area contributed by atoms with Gasteiger partial charge in [-0.15, -0.1) is 0 Å². The number of amides is 2. The number of rotatable bonds is 4. The van der Waals surface area contributed by atoms with Crippen molar-refractivity contribution in [1.29, 1.82) is 0 Å². The van der Waals surface area contributed by atoms with Gasteiger partial charge in [0, 0.05) is 6.04 Å². The van der Waals surface area contributed by atoms with Gasteiger partial charge in [-0.3, -0.25) is 9.59 Å². The molecular formula is C17H30N2O2. The Morgan fingerprint density at radius 3 is 2.14 bits per heavy atom. The molecule has 2 unspecified atom stereocenters. The number of nitrogens with zero attached hydrogens (tertiary/aromatic N) is 1. The Bertz CT molecular complexity index is 433. The number of nitrogens with one attached hydrogen (secondary N) is 1. The predicted molar refractivity (Wildman–Crippen MR) is 83.7 cm³/mol. The summed E-state index contributed by atoms with van der Waals surface area (Å²) in [7, 11) is 0. The normalized spacial score (nSPS) is 30.8. The quantitative estimate of drug-likeness (QED) is 0.866. The molecule has 2 fully saturated rings. The second kappa shape index (κ2) is 5.29. The lowest BCUT2D eigenvalue weighted by Gasteiger charge is -2.51. The lowest BCUT2D eigenvalue weighted by molar-refractivity contribution is -0.163. The first kappa shape index (κ1) is 16.3. The van der Waals surface area contributed by atoms with Gasteiger partial charge in [0.2, 0.25) is 11.8 Å². The molecule has 0 aromatic heterocycles. The summed E-state index contributed by atoms with van der Waals surface area (Å²) in [6.07, 6.45) is 3.87. The van der Waals surface area contributed by atoms with Gasteiger partial charge in [-0.25, -0.2) is 0 Å². The molecule has 2 aliphatic rings. The molecule has 2 amide bonds. The molecule has 1 aliphatic heterocycles. The zero-order chi connectivity index (χ0) is 16.0. The summed E-state index contributed by atoms with van der Waals surface area (Å²) in [5, 5.41) is 3.06. The van der Waals surface area contributed by atoms with Crippen LogP contribution in [0, 0.1) is 11.3 Å². The van der Waals surface area contributed by atoms with Crippen LogP contribution in [0.5, 0.6) is 0 Å². The van der Waals surface area contributed by atoms with Crippen LogP contribution in [0.2, 0.25) is 0 Å². The topological polar surface area (TPSA) is 49.4 Å². The van der Waals surface area contributed by atoms with Crippen molar-refractivity contribution >= 4 is 11.8 Å². The Kier molecular flexibility index (Phi) is 4.11. The third-order valence-corrected chi connectivity index (χ3v) is 5.14. The monoisotopic (exact) mass is 294 g/mol. The van der Waals surface area contributed by atoms with Crippen molar-refractivity contribution in [3.8, 4) is 0 Å². The molecule has 0 bridgehead atoms. The highest BCUT2D eigenvalue weighted by atomic mass is 16.2. The third kappa shape index (κ3) is 2.69. The summed E-state index contributed by atoms with van der Waals surface area (Å²) in [6, 6.07) is -0.229. The van der Waals surface area contributed by atoms with E-state index in [-0.39, 0.29) is 29.3 Å². The molecule has 1 heterocycles. The Labute approximate surface area is 128 Å². The van der Waals surface area contributed by atoms with Gasteiger partial charge in [0.25, 0.3) is 0 Å². The van der Waals surface area contributed by atoms with Crippen LogP contribution in [0.15, 0.2) is 0 Å². The fourth-order valence-electron chi connectivity index (χ4n) is 3.70. The largest absolute Gasteiger partial charge is 0.340 e. The van der Waals surface area contributed by atoms with Crippen molar-refractivity contribution in [2.75, 3.05) is 0 Å². The van der Waals surface area contributed by atoms with Crippen molar-refractivity contribution in [1.82, 2.24) is 10.2 Å². The van der Waals surface area contributed by atoms with E-state index in [0.29, 0.717) is 5.92 Å². The van der Waals surface area contributed by atoms with Crippen LogP contribution in [0.25, 0.3) is 0 Å². The summed E-state index contributed by atoms with van der Waals surface area (Å²) in [6.45, 7) is 12.2. The van der Waals surface area contributed by atoms with E-state index in [4.69, 9.17) is 0 Å². The molecule has 2 rings (SSSR count). The van der Waals surface area contributed by atoms with Crippen LogP contribution in [0.4, 0.5) is 0 Å². The average Bonchev–Trinajstić information content (AvgIpc) is 3.19. The Hall–Kier alpha value is -1.06. The summed E-state index contributed by atoms with van der Waals surface area (Å²) in [5.74, 6) is 0.452. The maximum absolute atomic E-state index is 13.2. The van der Waals surface area contributed by atoms with Crippen molar-refractivity contribution in [2.24, 2.45) is 11.3 Å². The molecule has 0 aromatic carbocycles. The zero-order valence-electron chi connectivity index (χ0n) is 14.3. The molecule has 0 aromatic rings. The van der Waals surface area contributed by atoms with Gasteiger partial charge < -0.3 is 10.2 Å². The predicted octanol–water partition coefficient (Wildman–Crippen LogP) is 2.72. The third-order valence-electron chi connectivity index (χ3n) is 5.14. The second-order valence-electron chi connectivity index (χ2n) is 7.92. The maximum Gasteiger partial charge on any atom is 0.249 e. The molecule has 0 radical (unpaired) electrons. The molecule has 4 heteroatoms. The van der Waals surface area contributed by atoms with E-state index in [2.05, 4.69) is 19.2 Å². The van der Waals surface area contributed by atoms with Crippen molar-refractivity contribution < 1.29 is 9.59 Å². The lowest BCUT2D eigenvalue weighted by Crippen LogP contribution is -2.74. The molecule has 1 saturated heterocycles. The number of piperazine rings is 1. The van der Waals surface area contributed by atoms with Crippen LogP contribution in [-0.2, 0) is 9.59 Å². The zero-order valence-corrected chi connectivity index (χ0v) is 14.3. The highest BCUT2D eigenvalue weighted by Gasteiger charge is 2.58. The maximum atomic E-state index is 13.2. The van der Waals surface area contributed by atoms with E-state index in [1.165, 1.54) is 0 Å². The standard InChI is InChI=1S/C17H30N2O2/c1-7-12(8-2)19-13(16(3,4)5)14(20)18-17(6,15(19)21)11-9-10-11/h11-13H,7-10H2,1-6H3,(H,18,20). The molecular weight excluding hydrogens is 264 g/mol. The highest BCUT2D eigenvalue weighted by molar-refractivity contribution is 6.00. The molecule has 21 heavy (non-hydrogen) atoms. The van der Waals surface area contributed by atoms with Gasteiger partial charge in [-0.1, -0.05) is 34.6 Å².